The topological polar surface area (TPSA) is 143 Å². The average molecular weight is 553 g/mol. The lowest BCUT2D eigenvalue weighted by molar-refractivity contribution is 0.0793. The van der Waals surface area contributed by atoms with Crippen LogP contribution < -0.4 is 11.1 Å². The van der Waals surface area contributed by atoms with Gasteiger partial charge in [0.25, 0.3) is 5.91 Å². The van der Waals surface area contributed by atoms with Gasteiger partial charge in [-0.25, -0.2) is 14.8 Å². The summed E-state index contributed by atoms with van der Waals surface area (Å²) < 4.78 is 5.13. The minimum absolute atomic E-state index is 0.00993. The summed E-state index contributed by atoms with van der Waals surface area (Å²) >= 11 is 6.51. The molecule has 1 aliphatic heterocycles. The summed E-state index contributed by atoms with van der Waals surface area (Å²) in [6, 6.07) is 8.06. The molecule has 0 bridgehead atoms. The molecule has 0 saturated carbocycles. The Morgan fingerprint density at radius 3 is 2.72 bits per heavy atom. The minimum Gasteiger partial charge on any atom is -0.508 e. The molecule has 2 aromatic carbocycles. The molecule has 206 valence electrons. The molecule has 0 radical (unpaired) electrons. The van der Waals surface area contributed by atoms with Crippen LogP contribution in [0.2, 0.25) is 5.02 Å². The SMILES string of the molecule is CCCCCCOC(=O)N=C(N)c1ccc(O)c(CNc2ncnc3cc(C(=O)N4CCCC4)c(Cl)cc23)c1. The number of phenols is 1. The van der Waals surface area contributed by atoms with Crippen LogP contribution in [0.15, 0.2) is 41.7 Å². The Morgan fingerprint density at radius 2 is 1.95 bits per heavy atom. The number of aromatic nitrogens is 2. The molecule has 1 fully saturated rings. The van der Waals surface area contributed by atoms with E-state index in [9.17, 15) is 14.7 Å². The van der Waals surface area contributed by atoms with Crippen molar-refractivity contribution in [2.75, 3.05) is 25.0 Å². The van der Waals surface area contributed by atoms with Gasteiger partial charge in [0.1, 0.15) is 23.7 Å². The van der Waals surface area contributed by atoms with E-state index in [0.717, 1.165) is 51.6 Å². The van der Waals surface area contributed by atoms with Crippen LogP contribution in [0.3, 0.4) is 0 Å². The first kappa shape index (κ1) is 28.1. The number of amides is 2. The number of nitrogens with two attached hydrogens (primary N) is 1. The normalized spacial score (nSPS) is 13.6. The van der Waals surface area contributed by atoms with Crippen LogP contribution in [0.1, 0.15) is 66.9 Å². The molecule has 2 amide bonds. The molecule has 1 saturated heterocycles. The lowest BCUT2D eigenvalue weighted by Gasteiger charge is -2.17. The molecule has 3 aromatic rings. The summed E-state index contributed by atoms with van der Waals surface area (Å²) in [7, 11) is 0. The van der Waals surface area contributed by atoms with E-state index < -0.39 is 6.09 Å². The van der Waals surface area contributed by atoms with Crippen LogP contribution in [-0.2, 0) is 11.3 Å². The van der Waals surface area contributed by atoms with Crippen LogP contribution in [0.4, 0.5) is 10.6 Å². The Morgan fingerprint density at radius 1 is 1.15 bits per heavy atom. The predicted octanol–water partition coefficient (Wildman–Crippen LogP) is 5.26. The van der Waals surface area contributed by atoms with E-state index >= 15 is 0 Å². The fraction of sp³-hybridized carbons (Fsp3) is 0.393. The third-order valence-electron chi connectivity index (χ3n) is 6.60. The summed E-state index contributed by atoms with van der Waals surface area (Å²) in [6.07, 6.45) is 6.58. The maximum absolute atomic E-state index is 12.9. The van der Waals surface area contributed by atoms with Crippen molar-refractivity contribution >= 4 is 46.2 Å². The molecular weight excluding hydrogens is 520 g/mol. The quantitative estimate of drug-likeness (QED) is 0.175. The highest BCUT2D eigenvalue weighted by Crippen LogP contribution is 2.29. The molecular formula is C28H33ClN6O4. The zero-order valence-corrected chi connectivity index (χ0v) is 22.7. The number of ether oxygens (including phenoxy) is 1. The van der Waals surface area contributed by atoms with Crippen molar-refractivity contribution in [3.63, 3.8) is 0 Å². The molecule has 1 aromatic heterocycles. The first-order valence-electron chi connectivity index (χ1n) is 13.2. The van der Waals surface area contributed by atoms with Crippen LogP contribution in [0.25, 0.3) is 10.9 Å². The molecule has 39 heavy (non-hydrogen) atoms. The number of aliphatic imine (C=N–C) groups is 1. The zero-order chi connectivity index (χ0) is 27.8. The van der Waals surface area contributed by atoms with Gasteiger partial charge in [-0.3, -0.25) is 4.79 Å². The number of nitrogens with zero attached hydrogens (tertiary/aromatic N) is 4. The summed E-state index contributed by atoms with van der Waals surface area (Å²) in [4.78, 5) is 39.2. The smallest absolute Gasteiger partial charge is 0.435 e. The second-order valence-corrected chi connectivity index (χ2v) is 9.85. The number of aromatic hydroxyl groups is 1. The van der Waals surface area contributed by atoms with E-state index in [1.807, 2.05) is 0 Å². The lowest BCUT2D eigenvalue weighted by Crippen LogP contribution is -2.27. The third kappa shape index (κ3) is 7.14. The summed E-state index contributed by atoms with van der Waals surface area (Å²) in [5.41, 5.74) is 7.99. The fourth-order valence-corrected chi connectivity index (χ4v) is 4.67. The number of anilines is 1. The Hall–Kier alpha value is -3.92. The molecule has 4 N–H and O–H groups in total. The number of carbonyl (C=O) groups is 2. The van der Waals surface area contributed by atoms with Gasteiger partial charge in [0, 0.05) is 36.1 Å². The maximum Gasteiger partial charge on any atom is 0.435 e. The van der Waals surface area contributed by atoms with E-state index in [4.69, 9.17) is 22.1 Å². The van der Waals surface area contributed by atoms with E-state index in [1.54, 1.807) is 29.2 Å². The Bertz CT molecular complexity index is 1370. The minimum atomic E-state index is -0.747. The number of fused-ring (bicyclic) bond motifs is 1. The number of unbranched alkanes of at least 4 members (excludes halogenated alkanes) is 3. The maximum atomic E-state index is 12.9. The Balaban J connectivity index is 1.46. The van der Waals surface area contributed by atoms with Gasteiger partial charge >= 0.3 is 6.09 Å². The number of amidine groups is 1. The summed E-state index contributed by atoms with van der Waals surface area (Å²) in [5.74, 6) is 0.408. The highest BCUT2D eigenvalue weighted by molar-refractivity contribution is 6.34. The number of likely N-dealkylation sites (tertiary alicyclic amines) is 1. The van der Waals surface area contributed by atoms with Gasteiger partial charge in [0.15, 0.2) is 0 Å². The van der Waals surface area contributed by atoms with Crippen LogP contribution in [0.5, 0.6) is 5.75 Å². The van der Waals surface area contributed by atoms with Gasteiger partial charge in [-0.2, -0.15) is 4.99 Å². The van der Waals surface area contributed by atoms with Crippen molar-refractivity contribution in [2.45, 2.75) is 52.0 Å². The average Bonchev–Trinajstić information content (AvgIpc) is 3.47. The molecule has 1 aliphatic rings. The summed E-state index contributed by atoms with van der Waals surface area (Å²) in [5, 5.41) is 14.6. The number of phenolic OH excluding ortho intramolecular Hbond substituents is 1. The van der Waals surface area contributed by atoms with Crippen molar-refractivity contribution in [3.8, 4) is 5.75 Å². The van der Waals surface area contributed by atoms with E-state index in [-0.39, 0.29) is 24.0 Å². The Kier molecular flexibility index (Phi) is 9.54. The second kappa shape index (κ2) is 13.2. The monoisotopic (exact) mass is 552 g/mol. The van der Waals surface area contributed by atoms with Gasteiger partial charge in [-0.15, -0.1) is 0 Å². The van der Waals surface area contributed by atoms with Gasteiger partial charge in [0.05, 0.1) is 22.7 Å². The number of halogens is 1. The highest BCUT2D eigenvalue weighted by atomic mass is 35.5. The number of hydrogen-bond acceptors (Lipinski definition) is 7. The number of rotatable bonds is 10. The van der Waals surface area contributed by atoms with Gasteiger partial charge in [0.2, 0.25) is 0 Å². The standard InChI is InChI=1S/C28H33ClN6O4/c1-2-3-4-7-12-39-28(38)34-25(30)18-8-9-24(36)19(13-18)16-31-26-21-14-22(29)20(15-23(21)32-17-33-26)27(37)35-10-5-6-11-35/h8-9,13-15,17,36H,2-7,10-12,16H2,1H3,(H2,30,34,38)(H,31,32,33). The van der Waals surface area contributed by atoms with Gasteiger partial charge in [-0.1, -0.05) is 37.8 Å². The molecule has 4 rings (SSSR count). The van der Waals surface area contributed by atoms with Gasteiger partial charge in [-0.05, 0) is 49.6 Å². The van der Waals surface area contributed by atoms with Crippen LogP contribution >= 0.6 is 11.6 Å². The van der Waals surface area contributed by atoms with E-state index in [0.29, 0.717) is 45.0 Å². The zero-order valence-electron chi connectivity index (χ0n) is 22.0. The first-order valence-corrected chi connectivity index (χ1v) is 13.6. The van der Waals surface area contributed by atoms with Crippen molar-refractivity contribution in [3.05, 3.63) is 58.4 Å². The molecule has 0 unspecified atom stereocenters. The Labute approximate surface area is 232 Å². The molecule has 10 nitrogen and oxygen atoms in total. The summed E-state index contributed by atoms with van der Waals surface area (Å²) in [6.45, 7) is 4.04. The number of nitrogens with one attached hydrogen (secondary N) is 1. The van der Waals surface area contributed by atoms with E-state index in [2.05, 4.69) is 27.2 Å². The van der Waals surface area contributed by atoms with Crippen molar-refractivity contribution in [1.29, 1.82) is 0 Å². The molecule has 0 spiro atoms. The highest BCUT2D eigenvalue weighted by Gasteiger charge is 2.22. The van der Waals surface area contributed by atoms with Crippen molar-refractivity contribution < 1.29 is 19.4 Å². The predicted molar refractivity (Wildman–Crippen MR) is 151 cm³/mol. The number of hydrogen-bond donors (Lipinski definition) is 3. The van der Waals surface area contributed by atoms with Gasteiger partial charge < -0.3 is 25.8 Å². The first-order chi connectivity index (χ1) is 18.9. The number of carbonyl (C=O) groups excluding carboxylic acids is 2. The second-order valence-electron chi connectivity index (χ2n) is 9.44. The number of benzene rings is 2. The van der Waals surface area contributed by atoms with Crippen molar-refractivity contribution in [2.24, 2.45) is 10.7 Å². The lowest BCUT2D eigenvalue weighted by atomic mass is 10.1. The van der Waals surface area contributed by atoms with E-state index in [1.165, 1.54) is 12.4 Å². The van der Waals surface area contributed by atoms with Crippen molar-refractivity contribution in [1.82, 2.24) is 14.9 Å². The van der Waals surface area contributed by atoms with Crippen LogP contribution in [0, 0.1) is 0 Å². The molecule has 2 heterocycles. The molecule has 0 atom stereocenters. The molecule has 0 aliphatic carbocycles. The third-order valence-corrected chi connectivity index (χ3v) is 6.92. The molecule has 11 heteroatoms. The largest absolute Gasteiger partial charge is 0.508 e. The van der Waals surface area contributed by atoms with Crippen LogP contribution in [-0.4, -0.2) is 57.5 Å². The fourth-order valence-electron chi connectivity index (χ4n) is 4.42.